The predicted octanol–water partition coefficient (Wildman–Crippen LogP) is 2.80. The van der Waals surface area contributed by atoms with Crippen LogP contribution in [-0.2, 0) is 12.1 Å². The zero-order chi connectivity index (χ0) is 12.1. The van der Waals surface area contributed by atoms with Crippen molar-refractivity contribution >= 4 is 5.78 Å². The number of nitrogens with zero attached hydrogens (tertiary/aromatic N) is 2. The van der Waals surface area contributed by atoms with Gasteiger partial charge in [0.25, 0.3) is 0 Å². The van der Waals surface area contributed by atoms with E-state index < -0.39 is 5.67 Å². The summed E-state index contributed by atoms with van der Waals surface area (Å²) < 4.78 is 16.1. The highest BCUT2D eigenvalue weighted by Crippen LogP contribution is 2.42. The molecule has 3 nitrogen and oxygen atoms in total. The second-order valence-electron chi connectivity index (χ2n) is 4.96. The SMILES string of the molecule is CC(=O)c1nn(C(C)C)c2c1C(C)(F)CC2. The van der Waals surface area contributed by atoms with Crippen LogP contribution in [0.1, 0.15) is 61.9 Å². The molecule has 0 aromatic carbocycles. The normalized spacial score (nSPS) is 23.9. The van der Waals surface area contributed by atoms with Crippen molar-refractivity contribution in [3.8, 4) is 0 Å². The van der Waals surface area contributed by atoms with Crippen LogP contribution in [0, 0.1) is 0 Å². The first kappa shape index (κ1) is 11.3. The van der Waals surface area contributed by atoms with Crippen LogP contribution < -0.4 is 0 Å². The van der Waals surface area contributed by atoms with E-state index in [-0.39, 0.29) is 11.8 Å². The molecule has 0 fully saturated rings. The summed E-state index contributed by atoms with van der Waals surface area (Å²) in [4.78, 5) is 11.5. The molecule has 16 heavy (non-hydrogen) atoms. The van der Waals surface area contributed by atoms with Crippen molar-refractivity contribution < 1.29 is 9.18 Å². The Balaban J connectivity index is 2.66. The molecule has 0 bridgehead atoms. The van der Waals surface area contributed by atoms with Crippen LogP contribution in [0.4, 0.5) is 4.39 Å². The van der Waals surface area contributed by atoms with E-state index in [0.29, 0.717) is 24.1 Å². The second kappa shape index (κ2) is 3.40. The van der Waals surface area contributed by atoms with Crippen LogP contribution in [-0.4, -0.2) is 15.6 Å². The van der Waals surface area contributed by atoms with Crippen molar-refractivity contribution in [2.45, 2.75) is 52.2 Å². The Morgan fingerprint density at radius 2 is 2.19 bits per heavy atom. The lowest BCUT2D eigenvalue weighted by molar-refractivity contribution is 0.0999. The van der Waals surface area contributed by atoms with Crippen LogP contribution in [0.2, 0.25) is 0 Å². The van der Waals surface area contributed by atoms with Crippen LogP contribution >= 0.6 is 0 Å². The molecule has 0 spiro atoms. The molecule has 1 atom stereocenters. The number of hydrogen-bond acceptors (Lipinski definition) is 2. The first-order valence-electron chi connectivity index (χ1n) is 5.66. The van der Waals surface area contributed by atoms with Crippen molar-refractivity contribution in [1.82, 2.24) is 9.78 Å². The number of carbonyl (C=O) groups is 1. The van der Waals surface area contributed by atoms with Crippen LogP contribution in [0.15, 0.2) is 0 Å². The zero-order valence-corrected chi connectivity index (χ0v) is 10.2. The molecule has 2 rings (SSSR count). The quantitative estimate of drug-likeness (QED) is 0.724. The zero-order valence-electron chi connectivity index (χ0n) is 10.2. The maximum Gasteiger partial charge on any atom is 0.180 e. The molecule has 0 amide bonds. The summed E-state index contributed by atoms with van der Waals surface area (Å²) in [6.07, 6.45) is 1.12. The Morgan fingerprint density at radius 1 is 1.56 bits per heavy atom. The number of halogens is 1. The third-order valence-corrected chi connectivity index (χ3v) is 3.18. The number of rotatable bonds is 2. The van der Waals surface area contributed by atoms with Crippen LogP contribution in [0.3, 0.4) is 0 Å². The summed E-state index contributed by atoms with van der Waals surface area (Å²) in [6, 6.07) is 0.163. The molecule has 1 aliphatic rings. The maximum absolute atomic E-state index is 14.3. The Kier molecular flexibility index (Phi) is 2.40. The van der Waals surface area contributed by atoms with Crippen molar-refractivity contribution in [3.05, 3.63) is 17.0 Å². The van der Waals surface area contributed by atoms with Gasteiger partial charge < -0.3 is 0 Å². The topological polar surface area (TPSA) is 34.9 Å². The van der Waals surface area contributed by atoms with Gasteiger partial charge in [0.15, 0.2) is 5.78 Å². The highest BCUT2D eigenvalue weighted by atomic mass is 19.1. The van der Waals surface area contributed by atoms with E-state index in [4.69, 9.17) is 0 Å². The molecule has 0 aliphatic heterocycles. The molecule has 4 heteroatoms. The minimum absolute atomic E-state index is 0.151. The van der Waals surface area contributed by atoms with Gasteiger partial charge >= 0.3 is 0 Å². The fourth-order valence-electron chi connectivity index (χ4n) is 2.41. The van der Waals surface area contributed by atoms with Crippen molar-refractivity contribution in [2.75, 3.05) is 0 Å². The molecular formula is C12H17FN2O. The van der Waals surface area contributed by atoms with Gasteiger partial charge in [0, 0.05) is 24.2 Å². The van der Waals surface area contributed by atoms with Crippen molar-refractivity contribution in [1.29, 1.82) is 0 Å². The molecule has 0 N–H and O–H groups in total. The molecule has 0 saturated heterocycles. The molecule has 1 heterocycles. The predicted molar refractivity (Wildman–Crippen MR) is 59.4 cm³/mol. The summed E-state index contributed by atoms with van der Waals surface area (Å²) in [5.41, 5.74) is 0.328. The third kappa shape index (κ3) is 1.47. The Labute approximate surface area is 94.6 Å². The molecule has 88 valence electrons. The first-order valence-corrected chi connectivity index (χ1v) is 5.66. The Morgan fingerprint density at radius 3 is 2.69 bits per heavy atom. The maximum atomic E-state index is 14.3. The Bertz CT molecular complexity index is 446. The smallest absolute Gasteiger partial charge is 0.180 e. The molecule has 1 unspecified atom stereocenters. The number of ketones is 1. The molecular weight excluding hydrogens is 207 g/mol. The van der Waals surface area contributed by atoms with Gasteiger partial charge in [-0.1, -0.05) is 0 Å². The lowest BCUT2D eigenvalue weighted by Gasteiger charge is -2.12. The van der Waals surface area contributed by atoms with Gasteiger partial charge in [-0.2, -0.15) is 5.10 Å². The average Bonchev–Trinajstić information content (AvgIpc) is 2.65. The summed E-state index contributed by atoms with van der Waals surface area (Å²) >= 11 is 0. The number of hydrogen-bond donors (Lipinski definition) is 0. The van der Waals surface area contributed by atoms with Gasteiger partial charge in [-0.25, -0.2) is 4.39 Å². The Hall–Kier alpha value is -1.19. The van der Waals surface area contributed by atoms with Crippen molar-refractivity contribution in [2.24, 2.45) is 0 Å². The third-order valence-electron chi connectivity index (χ3n) is 3.18. The summed E-state index contributed by atoms with van der Waals surface area (Å²) in [5.74, 6) is -0.151. The molecule has 1 aliphatic carbocycles. The standard InChI is InChI=1S/C12H17FN2O/c1-7(2)15-9-5-6-12(4,13)10(9)11(14-15)8(3)16/h7H,5-6H2,1-4H3. The van der Waals surface area contributed by atoms with Crippen LogP contribution in [0.25, 0.3) is 0 Å². The lowest BCUT2D eigenvalue weighted by atomic mass is 9.99. The van der Waals surface area contributed by atoms with Crippen molar-refractivity contribution in [3.63, 3.8) is 0 Å². The average molecular weight is 224 g/mol. The lowest BCUT2D eigenvalue weighted by Crippen LogP contribution is -2.14. The molecule has 0 radical (unpaired) electrons. The van der Waals surface area contributed by atoms with E-state index in [1.54, 1.807) is 4.68 Å². The minimum atomic E-state index is -1.40. The molecule has 0 saturated carbocycles. The van der Waals surface area contributed by atoms with E-state index in [0.717, 1.165) is 5.69 Å². The summed E-state index contributed by atoms with van der Waals surface area (Å²) in [7, 11) is 0. The highest BCUT2D eigenvalue weighted by Gasteiger charge is 2.41. The van der Waals surface area contributed by atoms with Gasteiger partial charge in [-0.3, -0.25) is 9.48 Å². The first-order chi connectivity index (χ1) is 7.34. The molecule has 1 aromatic heterocycles. The van der Waals surface area contributed by atoms with Gasteiger partial charge in [-0.15, -0.1) is 0 Å². The fourth-order valence-corrected chi connectivity index (χ4v) is 2.41. The minimum Gasteiger partial charge on any atom is -0.293 e. The van der Waals surface area contributed by atoms with Gasteiger partial charge in [0.2, 0.25) is 0 Å². The van der Waals surface area contributed by atoms with E-state index in [1.165, 1.54) is 13.8 Å². The monoisotopic (exact) mass is 224 g/mol. The van der Waals surface area contributed by atoms with Gasteiger partial charge in [-0.05, 0) is 33.6 Å². The number of alkyl halides is 1. The summed E-state index contributed by atoms with van der Waals surface area (Å²) in [5, 5.41) is 4.25. The van der Waals surface area contributed by atoms with E-state index >= 15 is 0 Å². The van der Waals surface area contributed by atoms with E-state index in [1.807, 2.05) is 13.8 Å². The number of Topliss-reactive ketones (excluding diaryl/α,β-unsaturated/α-hetero) is 1. The molecule has 1 aromatic rings. The number of fused-ring (bicyclic) bond motifs is 1. The van der Waals surface area contributed by atoms with E-state index in [9.17, 15) is 9.18 Å². The largest absolute Gasteiger partial charge is 0.293 e. The van der Waals surface area contributed by atoms with E-state index in [2.05, 4.69) is 5.10 Å². The number of carbonyl (C=O) groups excluding carboxylic acids is 1. The van der Waals surface area contributed by atoms with Gasteiger partial charge in [0.1, 0.15) is 11.4 Å². The second-order valence-corrected chi connectivity index (χ2v) is 4.96. The fraction of sp³-hybridized carbons (Fsp3) is 0.667. The van der Waals surface area contributed by atoms with Crippen LogP contribution in [0.5, 0.6) is 0 Å². The van der Waals surface area contributed by atoms with Gasteiger partial charge in [0.05, 0.1) is 0 Å². The highest BCUT2D eigenvalue weighted by molar-refractivity contribution is 5.94. The summed E-state index contributed by atoms with van der Waals surface area (Å²) in [6.45, 7) is 6.97. The number of aromatic nitrogens is 2.